The highest BCUT2D eigenvalue weighted by atomic mass is 19.1. The van der Waals surface area contributed by atoms with Crippen LogP contribution in [0.3, 0.4) is 0 Å². The lowest BCUT2D eigenvalue weighted by Crippen LogP contribution is -1.91. The average molecular weight is 214 g/mol. The molecule has 1 aromatic carbocycles. The van der Waals surface area contributed by atoms with Crippen LogP contribution in [0.2, 0.25) is 0 Å². The third kappa shape index (κ3) is 1.25. The second-order valence-electron chi connectivity index (χ2n) is 3.31. The van der Waals surface area contributed by atoms with Crippen molar-refractivity contribution in [1.82, 2.24) is 19.6 Å². The number of nitrogens with zero attached hydrogens (tertiary/aromatic N) is 4. The predicted octanol–water partition coefficient (Wildman–Crippen LogP) is 1.93. The van der Waals surface area contributed by atoms with Crippen LogP contribution in [0, 0.1) is 5.82 Å². The molecule has 0 aliphatic rings. The molecule has 3 aromatic rings. The summed E-state index contributed by atoms with van der Waals surface area (Å²) in [5.41, 5.74) is 1.03. The first-order valence-corrected chi connectivity index (χ1v) is 4.76. The molecule has 0 radical (unpaired) electrons. The molecule has 2 heterocycles. The third-order valence-electron chi connectivity index (χ3n) is 2.33. The fourth-order valence-corrected chi connectivity index (χ4v) is 1.58. The van der Waals surface area contributed by atoms with Gasteiger partial charge in [0.2, 0.25) is 0 Å². The number of hydrogen-bond acceptors (Lipinski definition) is 3. The molecule has 0 unspecified atom stereocenters. The van der Waals surface area contributed by atoms with Gasteiger partial charge in [0.25, 0.3) is 0 Å². The Morgan fingerprint density at radius 2 is 2.00 bits per heavy atom. The summed E-state index contributed by atoms with van der Waals surface area (Å²) in [7, 11) is 0. The molecule has 5 heteroatoms. The van der Waals surface area contributed by atoms with E-state index < -0.39 is 0 Å². The summed E-state index contributed by atoms with van der Waals surface area (Å²) in [5, 5.41) is 7.88. The average Bonchev–Trinajstić information content (AvgIpc) is 2.74. The molecule has 0 aliphatic carbocycles. The van der Waals surface area contributed by atoms with Crippen molar-refractivity contribution in [2.24, 2.45) is 0 Å². The third-order valence-corrected chi connectivity index (χ3v) is 2.33. The van der Waals surface area contributed by atoms with Crippen molar-refractivity contribution in [2.45, 2.75) is 0 Å². The van der Waals surface area contributed by atoms with Crippen LogP contribution in [-0.2, 0) is 0 Å². The Morgan fingerprint density at radius 1 is 1.12 bits per heavy atom. The van der Waals surface area contributed by atoms with Gasteiger partial charge < -0.3 is 0 Å². The lowest BCUT2D eigenvalue weighted by Gasteiger charge is -2.00. The van der Waals surface area contributed by atoms with E-state index in [1.807, 2.05) is 0 Å². The highest BCUT2D eigenvalue weighted by Crippen LogP contribution is 2.20. The van der Waals surface area contributed by atoms with Crippen molar-refractivity contribution in [3.63, 3.8) is 0 Å². The van der Waals surface area contributed by atoms with Crippen LogP contribution in [0.25, 0.3) is 17.0 Å². The standard InChI is InChI=1S/C11H7FN4/c12-9-4-2-1-3-8(9)11-15-14-10-7-13-5-6-16(10)11/h1-7H. The predicted molar refractivity (Wildman–Crippen MR) is 56.2 cm³/mol. The number of aromatic nitrogens is 4. The van der Waals surface area contributed by atoms with Gasteiger partial charge in [-0.3, -0.25) is 9.38 Å². The molecular formula is C11H7FN4. The Labute approximate surface area is 90.4 Å². The summed E-state index contributed by atoms with van der Waals surface area (Å²) < 4.78 is 15.3. The maximum atomic E-state index is 13.6. The summed E-state index contributed by atoms with van der Waals surface area (Å²) in [6.45, 7) is 0. The van der Waals surface area contributed by atoms with E-state index in [1.54, 1.807) is 41.2 Å². The van der Waals surface area contributed by atoms with Gasteiger partial charge >= 0.3 is 0 Å². The second kappa shape index (κ2) is 3.37. The lowest BCUT2D eigenvalue weighted by atomic mass is 10.2. The molecule has 0 N–H and O–H groups in total. The number of fused-ring (bicyclic) bond motifs is 1. The Bertz CT molecular complexity index is 647. The number of benzene rings is 1. The van der Waals surface area contributed by atoms with Gasteiger partial charge in [-0.15, -0.1) is 10.2 Å². The van der Waals surface area contributed by atoms with Gasteiger partial charge in [-0.2, -0.15) is 0 Å². The van der Waals surface area contributed by atoms with E-state index in [2.05, 4.69) is 15.2 Å². The molecule has 16 heavy (non-hydrogen) atoms. The molecule has 0 saturated heterocycles. The minimum absolute atomic E-state index is 0.311. The SMILES string of the molecule is Fc1ccccc1-c1nnc2cnccn12. The van der Waals surface area contributed by atoms with Crippen LogP contribution >= 0.6 is 0 Å². The highest BCUT2D eigenvalue weighted by Gasteiger charge is 2.10. The Morgan fingerprint density at radius 3 is 2.88 bits per heavy atom. The smallest absolute Gasteiger partial charge is 0.179 e. The van der Waals surface area contributed by atoms with Crippen LogP contribution in [-0.4, -0.2) is 19.6 Å². The van der Waals surface area contributed by atoms with Crippen molar-refractivity contribution in [2.75, 3.05) is 0 Å². The molecular weight excluding hydrogens is 207 g/mol. The van der Waals surface area contributed by atoms with Crippen LogP contribution in [0.1, 0.15) is 0 Å². The normalized spacial score (nSPS) is 10.8. The number of rotatable bonds is 1. The first-order valence-electron chi connectivity index (χ1n) is 4.76. The largest absolute Gasteiger partial charge is 0.279 e. The summed E-state index contributed by atoms with van der Waals surface area (Å²) in [6, 6.07) is 6.48. The minimum atomic E-state index is -0.311. The molecule has 2 aromatic heterocycles. The Kier molecular flexibility index (Phi) is 1.89. The molecule has 0 bridgehead atoms. The maximum absolute atomic E-state index is 13.6. The molecule has 0 spiro atoms. The van der Waals surface area contributed by atoms with Crippen LogP contribution < -0.4 is 0 Å². The topological polar surface area (TPSA) is 43.1 Å². The first kappa shape index (κ1) is 8.96. The fraction of sp³-hybridized carbons (Fsp3) is 0. The second-order valence-corrected chi connectivity index (χ2v) is 3.31. The summed E-state index contributed by atoms with van der Waals surface area (Å²) in [4.78, 5) is 3.93. The molecule has 4 nitrogen and oxygen atoms in total. The Hall–Kier alpha value is -2.30. The zero-order valence-electron chi connectivity index (χ0n) is 8.21. The van der Waals surface area contributed by atoms with Crippen molar-refractivity contribution in [3.05, 3.63) is 48.7 Å². The van der Waals surface area contributed by atoms with E-state index in [0.717, 1.165) is 0 Å². The maximum Gasteiger partial charge on any atom is 0.179 e. The zero-order valence-corrected chi connectivity index (χ0v) is 8.21. The monoisotopic (exact) mass is 214 g/mol. The summed E-state index contributed by atoms with van der Waals surface area (Å²) in [5.74, 6) is 0.170. The Balaban J connectivity index is 2.31. The van der Waals surface area contributed by atoms with Crippen LogP contribution in [0.15, 0.2) is 42.9 Å². The molecule has 78 valence electrons. The van der Waals surface area contributed by atoms with Gasteiger partial charge in [-0.05, 0) is 12.1 Å². The summed E-state index contributed by atoms with van der Waals surface area (Å²) >= 11 is 0. The van der Waals surface area contributed by atoms with Crippen molar-refractivity contribution >= 4 is 5.65 Å². The van der Waals surface area contributed by atoms with Gasteiger partial charge in [0.1, 0.15) is 5.82 Å². The number of hydrogen-bond donors (Lipinski definition) is 0. The summed E-state index contributed by atoms with van der Waals surface area (Å²) in [6.07, 6.45) is 4.90. The lowest BCUT2D eigenvalue weighted by molar-refractivity contribution is 0.629. The highest BCUT2D eigenvalue weighted by molar-refractivity contribution is 5.59. The van der Waals surface area contributed by atoms with E-state index in [0.29, 0.717) is 17.0 Å². The molecule has 0 fully saturated rings. The van der Waals surface area contributed by atoms with E-state index in [4.69, 9.17) is 0 Å². The zero-order chi connectivity index (χ0) is 11.0. The van der Waals surface area contributed by atoms with Crippen molar-refractivity contribution in [3.8, 4) is 11.4 Å². The molecule has 0 amide bonds. The molecule has 0 aliphatic heterocycles. The van der Waals surface area contributed by atoms with E-state index in [1.165, 1.54) is 6.07 Å². The van der Waals surface area contributed by atoms with E-state index in [9.17, 15) is 4.39 Å². The van der Waals surface area contributed by atoms with Gasteiger partial charge in [0.05, 0.1) is 11.8 Å². The van der Waals surface area contributed by atoms with Gasteiger partial charge in [0.15, 0.2) is 11.5 Å². The van der Waals surface area contributed by atoms with Gasteiger partial charge in [-0.1, -0.05) is 12.1 Å². The minimum Gasteiger partial charge on any atom is -0.279 e. The molecule has 3 rings (SSSR count). The number of halogens is 1. The van der Waals surface area contributed by atoms with Crippen LogP contribution in [0.4, 0.5) is 4.39 Å². The first-order chi connectivity index (χ1) is 7.86. The van der Waals surface area contributed by atoms with E-state index >= 15 is 0 Å². The van der Waals surface area contributed by atoms with Crippen molar-refractivity contribution < 1.29 is 4.39 Å². The van der Waals surface area contributed by atoms with Crippen LogP contribution in [0.5, 0.6) is 0 Å². The van der Waals surface area contributed by atoms with Gasteiger partial charge in [0, 0.05) is 12.4 Å². The quantitative estimate of drug-likeness (QED) is 0.621. The molecule has 0 atom stereocenters. The van der Waals surface area contributed by atoms with Crippen molar-refractivity contribution in [1.29, 1.82) is 0 Å². The molecule has 0 saturated carbocycles. The van der Waals surface area contributed by atoms with Gasteiger partial charge in [-0.25, -0.2) is 4.39 Å². The fourth-order valence-electron chi connectivity index (χ4n) is 1.58. The van der Waals surface area contributed by atoms with E-state index in [-0.39, 0.29) is 5.82 Å².